The predicted molar refractivity (Wildman–Crippen MR) is 92.7 cm³/mol. The Morgan fingerprint density at radius 3 is 2.78 bits per heavy atom. The molecule has 1 aliphatic heterocycles. The summed E-state index contributed by atoms with van der Waals surface area (Å²) in [6, 6.07) is 7.84. The number of aliphatic carboxylic acids is 1. The van der Waals surface area contributed by atoms with Gasteiger partial charge < -0.3 is 10.1 Å². The number of aromatic amines is 1. The summed E-state index contributed by atoms with van der Waals surface area (Å²) < 4.78 is 0. The minimum Gasteiger partial charge on any atom is -0.480 e. The van der Waals surface area contributed by atoms with Crippen LogP contribution >= 0.6 is 0 Å². The van der Waals surface area contributed by atoms with Gasteiger partial charge in [0.25, 0.3) is 0 Å². The van der Waals surface area contributed by atoms with Crippen molar-refractivity contribution in [3.63, 3.8) is 0 Å². The van der Waals surface area contributed by atoms with Crippen molar-refractivity contribution in [2.24, 2.45) is 0 Å². The van der Waals surface area contributed by atoms with Gasteiger partial charge >= 0.3 is 5.97 Å². The number of para-hydroxylation sites is 1. The van der Waals surface area contributed by atoms with Crippen LogP contribution in [-0.2, 0) is 11.2 Å². The maximum absolute atomic E-state index is 11.5. The monoisotopic (exact) mass is 314 g/mol. The average molecular weight is 314 g/mol. The van der Waals surface area contributed by atoms with Crippen LogP contribution in [0.25, 0.3) is 10.9 Å². The molecule has 1 aliphatic rings. The van der Waals surface area contributed by atoms with Crippen LogP contribution in [0.5, 0.6) is 0 Å². The summed E-state index contributed by atoms with van der Waals surface area (Å²) in [6.07, 6.45) is 7.71. The molecule has 0 aliphatic carbocycles. The average Bonchev–Trinajstić information content (AvgIpc) is 2.93. The molecule has 2 atom stereocenters. The molecule has 0 bridgehead atoms. The van der Waals surface area contributed by atoms with Gasteiger partial charge in [-0.2, -0.15) is 0 Å². The molecule has 0 saturated carbocycles. The van der Waals surface area contributed by atoms with Crippen molar-refractivity contribution in [1.29, 1.82) is 0 Å². The molecule has 0 radical (unpaired) electrons. The van der Waals surface area contributed by atoms with Gasteiger partial charge in [-0.3, -0.25) is 10.1 Å². The minimum absolute atomic E-state index is 0.119. The molecule has 0 fully saturated rings. The highest BCUT2D eigenvalue weighted by atomic mass is 16.4. The van der Waals surface area contributed by atoms with E-state index in [-0.39, 0.29) is 6.04 Å². The largest absolute Gasteiger partial charge is 0.480 e. The molecule has 4 heteroatoms. The molecule has 23 heavy (non-hydrogen) atoms. The summed E-state index contributed by atoms with van der Waals surface area (Å²) in [6.45, 7) is 2.22. The fraction of sp³-hybridized carbons (Fsp3) is 0.526. The molecule has 0 spiro atoms. The molecule has 2 heterocycles. The van der Waals surface area contributed by atoms with Crippen LogP contribution in [0.15, 0.2) is 24.3 Å². The molecule has 124 valence electrons. The standard InChI is InChI=1S/C19H26N2O2/c1-2-3-4-5-6-11-16-18-14(12-17(20-16)19(22)23)13-9-7-8-10-15(13)21-18/h7-10,16-17,20-21H,2-6,11-12H2,1H3,(H,22,23)/t16-,17+/m0/s1. The molecule has 2 aromatic rings. The number of H-pyrrole nitrogens is 1. The number of fused-ring (bicyclic) bond motifs is 3. The fourth-order valence-electron chi connectivity index (χ4n) is 3.67. The lowest BCUT2D eigenvalue weighted by molar-refractivity contribution is -0.139. The molecule has 0 amide bonds. The van der Waals surface area contributed by atoms with E-state index < -0.39 is 12.0 Å². The van der Waals surface area contributed by atoms with Crippen molar-refractivity contribution in [3.05, 3.63) is 35.5 Å². The zero-order valence-electron chi connectivity index (χ0n) is 13.8. The highest BCUT2D eigenvalue weighted by molar-refractivity contribution is 5.86. The lowest BCUT2D eigenvalue weighted by Gasteiger charge is -2.29. The summed E-state index contributed by atoms with van der Waals surface area (Å²) in [5, 5.41) is 14.0. The van der Waals surface area contributed by atoms with Crippen molar-refractivity contribution in [1.82, 2.24) is 10.3 Å². The quantitative estimate of drug-likeness (QED) is 0.672. The van der Waals surface area contributed by atoms with E-state index in [1.54, 1.807) is 0 Å². The van der Waals surface area contributed by atoms with Crippen molar-refractivity contribution in [2.75, 3.05) is 0 Å². The Morgan fingerprint density at radius 2 is 2.00 bits per heavy atom. The Balaban J connectivity index is 1.80. The third kappa shape index (κ3) is 3.42. The second-order valence-corrected chi connectivity index (χ2v) is 6.58. The first kappa shape index (κ1) is 16.1. The predicted octanol–water partition coefficient (Wildman–Crippen LogP) is 4.17. The van der Waals surface area contributed by atoms with Gasteiger partial charge in [-0.05, 0) is 18.1 Å². The van der Waals surface area contributed by atoms with Gasteiger partial charge in [-0.15, -0.1) is 0 Å². The van der Waals surface area contributed by atoms with Crippen molar-refractivity contribution in [3.8, 4) is 0 Å². The number of benzene rings is 1. The molecule has 4 nitrogen and oxygen atoms in total. The normalized spacial score (nSPS) is 20.6. The lowest BCUT2D eigenvalue weighted by Crippen LogP contribution is -2.44. The SMILES string of the molecule is CCCCCCC[C@@H]1N[C@@H](C(=O)O)Cc2c1[nH]c1ccccc21. The Kier molecular flexibility index (Phi) is 5.01. The topological polar surface area (TPSA) is 65.1 Å². The third-order valence-electron chi connectivity index (χ3n) is 4.90. The number of carboxylic acids is 1. The Morgan fingerprint density at radius 1 is 1.22 bits per heavy atom. The Bertz CT molecular complexity index is 677. The van der Waals surface area contributed by atoms with Gasteiger partial charge in [0.1, 0.15) is 6.04 Å². The van der Waals surface area contributed by atoms with Crippen LogP contribution in [0, 0.1) is 0 Å². The van der Waals surface area contributed by atoms with Gasteiger partial charge in [-0.1, -0.05) is 57.2 Å². The molecular weight excluding hydrogens is 288 g/mol. The van der Waals surface area contributed by atoms with Crippen molar-refractivity contribution < 1.29 is 9.90 Å². The summed E-state index contributed by atoms with van der Waals surface area (Å²) in [7, 11) is 0. The molecular formula is C19H26N2O2. The number of nitrogens with one attached hydrogen (secondary N) is 2. The number of carboxylic acid groups (broad SMARTS) is 1. The zero-order chi connectivity index (χ0) is 16.2. The van der Waals surface area contributed by atoms with E-state index in [0.29, 0.717) is 6.42 Å². The first-order valence-corrected chi connectivity index (χ1v) is 8.79. The lowest BCUT2D eigenvalue weighted by atomic mass is 9.91. The highest BCUT2D eigenvalue weighted by Crippen LogP contribution is 2.34. The van der Waals surface area contributed by atoms with E-state index in [4.69, 9.17) is 0 Å². The Labute approximate surface area is 137 Å². The van der Waals surface area contributed by atoms with Crippen LogP contribution in [0.1, 0.15) is 62.7 Å². The number of rotatable bonds is 7. The van der Waals surface area contributed by atoms with E-state index in [1.807, 2.05) is 12.1 Å². The number of hydrogen-bond donors (Lipinski definition) is 3. The van der Waals surface area contributed by atoms with E-state index in [2.05, 4.69) is 29.4 Å². The van der Waals surface area contributed by atoms with Gasteiger partial charge in [0.2, 0.25) is 0 Å². The van der Waals surface area contributed by atoms with E-state index >= 15 is 0 Å². The van der Waals surface area contributed by atoms with Crippen LogP contribution < -0.4 is 5.32 Å². The second-order valence-electron chi connectivity index (χ2n) is 6.58. The zero-order valence-corrected chi connectivity index (χ0v) is 13.8. The molecule has 1 aromatic carbocycles. The van der Waals surface area contributed by atoms with Gasteiger partial charge in [0.05, 0.1) is 0 Å². The summed E-state index contributed by atoms with van der Waals surface area (Å²) >= 11 is 0. The number of aromatic nitrogens is 1. The van der Waals surface area contributed by atoms with Crippen LogP contribution in [0.2, 0.25) is 0 Å². The van der Waals surface area contributed by atoms with E-state index in [9.17, 15) is 9.90 Å². The molecule has 1 aromatic heterocycles. The first-order chi connectivity index (χ1) is 11.2. The van der Waals surface area contributed by atoms with Gasteiger partial charge in [0, 0.05) is 29.1 Å². The van der Waals surface area contributed by atoms with Gasteiger partial charge in [0.15, 0.2) is 0 Å². The highest BCUT2D eigenvalue weighted by Gasteiger charge is 2.32. The van der Waals surface area contributed by atoms with E-state index in [0.717, 1.165) is 18.4 Å². The summed E-state index contributed by atoms with van der Waals surface area (Å²) in [5.74, 6) is -0.753. The molecule has 3 rings (SSSR count). The smallest absolute Gasteiger partial charge is 0.321 e. The molecule has 3 N–H and O–H groups in total. The van der Waals surface area contributed by atoms with Crippen molar-refractivity contribution in [2.45, 2.75) is 64.0 Å². The van der Waals surface area contributed by atoms with Crippen LogP contribution in [0.3, 0.4) is 0 Å². The van der Waals surface area contributed by atoms with Gasteiger partial charge in [-0.25, -0.2) is 0 Å². The maximum Gasteiger partial charge on any atom is 0.321 e. The molecule has 0 saturated heterocycles. The van der Waals surface area contributed by atoms with Crippen LogP contribution in [0.4, 0.5) is 0 Å². The minimum atomic E-state index is -0.753. The summed E-state index contributed by atoms with van der Waals surface area (Å²) in [5.41, 5.74) is 3.49. The number of carbonyl (C=O) groups is 1. The van der Waals surface area contributed by atoms with Crippen molar-refractivity contribution >= 4 is 16.9 Å². The maximum atomic E-state index is 11.5. The summed E-state index contributed by atoms with van der Waals surface area (Å²) in [4.78, 5) is 15.0. The van der Waals surface area contributed by atoms with E-state index in [1.165, 1.54) is 42.3 Å². The number of unbranched alkanes of at least 4 members (excludes halogenated alkanes) is 4. The second kappa shape index (κ2) is 7.18. The number of hydrogen-bond acceptors (Lipinski definition) is 2. The Hall–Kier alpha value is -1.81. The van der Waals surface area contributed by atoms with Crippen LogP contribution in [-0.4, -0.2) is 22.1 Å². The molecule has 0 unspecified atom stereocenters. The third-order valence-corrected chi connectivity index (χ3v) is 4.90. The first-order valence-electron chi connectivity index (χ1n) is 8.79. The fourth-order valence-corrected chi connectivity index (χ4v) is 3.67.